The Labute approximate surface area is 564 Å². The van der Waals surface area contributed by atoms with Crippen molar-refractivity contribution in [3.05, 3.63) is 226 Å². The zero-order valence-corrected chi connectivity index (χ0v) is 59.5. The topological polar surface area (TPSA) is 117 Å². The Kier molecular flexibility index (Phi) is 18.3. The molecular formula is C84H87N4O4Pt-. The summed E-state index contributed by atoms with van der Waals surface area (Å²) < 4.78 is 13.1. The third kappa shape index (κ3) is 14.1. The van der Waals surface area contributed by atoms with Crippen molar-refractivity contribution < 1.29 is 40.1 Å². The van der Waals surface area contributed by atoms with E-state index in [0.717, 1.165) is 99.9 Å². The van der Waals surface area contributed by atoms with E-state index in [1.54, 1.807) is 12.4 Å². The summed E-state index contributed by atoms with van der Waals surface area (Å²) in [5.74, 6) is 1.53. The maximum atomic E-state index is 11.4. The Morgan fingerprint density at radius 1 is 0.376 bits per heavy atom. The van der Waals surface area contributed by atoms with Crippen LogP contribution in [0.1, 0.15) is 169 Å². The first kappa shape index (κ1) is 67.2. The average molecular weight is 1410 g/mol. The number of aliphatic imine (C=N–C) groups is 2. The van der Waals surface area contributed by atoms with Crippen LogP contribution in [-0.2, 0) is 53.6 Å². The number of aromatic nitrogens is 2. The molecule has 12 aromatic rings. The first-order valence-electron chi connectivity index (χ1n) is 32.0. The van der Waals surface area contributed by atoms with Gasteiger partial charge in [-0.15, -0.1) is 34.5 Å². The van der Waals surface area contributed by atoms with Crippen molar-refractivity contribution >= 4 is 67.5 Å². The molecule has 0 unspecified atom stereocenters. The van der Waals surface area contributed by atoms with Gasteiger partial charge in [0, 0.05) is 61.3 Å². The van der Waals surface area contributed by atoms with Gasteiger partial charge in [-0.2, -0.15) is 0 Å². The molecule has 0 amide bonds. The molecule has 0 saturated carbocycles. The SMILES string of the molecule is CC(C)(C)c1cc(C=Nc2ccccc2-c2nc3c(-c4[c-]ccc5ccccc45)cc(C(C)(C)C)cc3o2)c(O)c(C(C)(C)C)c1.CC(C)(C)c1cc(C=Nc2ccccc2-c2nc3c(-c4cccc5ccccc45)cc(C(C)(C)C)cc3o2)c(O)c(C(C)(C)C)c1.[Pt]. The molecule has 9 heteroatoms. The van der Waals surface area contributed by atoms with Crippen LogP contribution in [0, 0.1) is 6.07 Å². The minimum Gasteiger partial charge on any atom is -0.507 e. The number of fused-ring (bicyclic) bond motifs is 4. The fourth-order valence-electron chi connectivity index (χ4n) is 11.7. The maximum Gasteiger partial charge on any atom is 0.229 e. The molecule has 2 aromatic heterocycles. The number of phenolic OH excluding ortho intramolecular Hbond substituents is 2. The molecule has 478 valence electrons. The monoisotopic (exact) mass is 1410 g/mol. The van der Waals surface area contributed by atoms with Gasteiger partial charge in [0.05, 0.1) is 28.0 Å². The summed E-state index contributed by atoms with van der Waals surface area (Å²) in [6.07, 6.45) is 3.52. The molecule has 2 heterocycles. The normalized spacial score (nSPS) is 12.8. The summed E-state index contributed by atoms with van der Waals surface area (Å²) in [5.41, 5.74) is 17.3. The molecule has 0 atom stereocenters. The van der Waals surface area contributed by atoms with E-state index in [1.807, 2.05) is 66.7 Å². The summed E-state index contributed by atoms with van der Waals surface area (Å²) >= 11 is 0. The molecule has 0 spiro atoms. The van der Waals surface area contributed by atoms with E-state index in [2.05, 4.69) is 240 Å². The van der Waals surface area contributed by atoms with Gasteiger partial charge in [0.25, 0.3) is 0 Å². The number of benzene rings is 10. The summed E-state index contributed by atoms with van der Waals surface area (Å²) in [5, 5.41) is 27.4. The second-order valence-corrected chi connectivity index (χ2v) is 30.7. The molecule has 0 aliphatic heterocycles. The van der Waals surface area contributed by atoms with Crippen LogP contribution in [0.2, 0.25) is 0 Å². The van der Waals surface area contributed by atoms with Crippen LogP contribution in [-0.4, -0.2) is 32.6 Å². The zero-order valence-electron chi connectivity index (χ0n) is 57.2. The number of phenols is 2. The Bertz CT molecular complexity index is 4530. The van der Waals surface area contributed by atoms with E-state index in [4.69, 9.17) is 28.8 Å². The fraction of sp³-hybridized carbons (Fsp3) is 0.286. The molecule has 0 aliphatic carbocycles. The predicted octanol–water partition coefficient (Wildman–Crippen LogP) is 23.1. The summed E-state index contributed by atoms with van der Waals surface area (Å²) in [6.45, 7) is 39.1. The predicted molar refractivity (Wildman–Crippen MR) is 387 cm³/mol. The van der Waals surface area contributed by atoms with E-state index in [9.17, 15) is 10.2 Å². The van der Waals surface area contributed by atoms with E-state index in [0.29, 0.717) is 28.6 Å². The smallest absolute Gasteiger partial charge is 0.229 e. The van der Waals surface area contributed by atoms with E-state index in [-0.39, 0.29) is 65.1 Å². The van der Waals surface area contributed by atoms with Gasteiger partial charge in [0.15, 0.2) is 5.58 Å². The first-order valence-corrected chi connectivity index (χ1v) is 32.0. The van der Waals surface area contributed by atoms with Gasteiger partial charge < -0.3 is 19.0 Å². The van der Waals surface area contributed by atoms with Crippen LogP contribution in [0.15, 0.2) is 195 Å². The molecule has 0 saturated heterocycles. The summed E-state index contributed by atoms with van der Waals surface area (Å²) in [6, 6.07) is 63.6. The number of aromatic hydroxyl groups is 2. The third-order valence-electron chi connectivity index (χ3n) is 17.4. The first-order chi connectivity index (χ1) is 43.2. The number of hydrogen-bond donors (Lipinski definition) is 2. The second kappa shape index (κ2) is 25.3. The summed E-state index contributed by atoms with van der Waals surface area (Å²) in [4.78, 5) is 20.1. The van der Waals surface area contributed by atoms with Gasteiger partial charge in [0.1, 0.15) is 22.6 Å². The van der Waals surface area contributed by atoms with Gasteiger partial charge in [-0.3, -0.25) is 9.98 Å². The van der Waals surface area contributed by atoms with Gasteiger partial charge >= 0.3 is 0 Å². The van der Waals surface area contributed by atoms with E-state index < -0.39 is 0 Å². The van der Waals surface area contributed by atoms with Crippen molar-refractivity contribution in [2.75, 3.05) is 0 Å². The van der Waals surface area contributed by atoms with Gasteiger partial charge in [-0.05, 0) is 126 Å². The van der Waals surface area contributed by atoms with Gasteiger partial charge in [-0.25, -0.2) is 9.97 Å². The van der Waals surface area contributed by atoms with Gasteiger partial charge in [0.2, 0.25) is 11.8 Å². The molecular weight excluding hydrogens is 1320 g/mol. The summed E-state index contributed by atoms with van der Waals surface area (Å²) in [7, 11) is 0. The van der Waals surface area contributed by atoms with Crippen molar-refractivity contribution in [1.29, 1.82) is 0 Å². The number of nitrogens with zero attached hydrogens (tertiary/aromatic N) is 4. The molecule has 0 bridgehead atoms. The fourth-order valence-corrected chi connectivity index (χ4v) is 11.7. The Morgan fingerprint density at radius 3 is 1.22 bits per heavy atom. The minimum atomic E-state index is -0.227. The Hall–Kier alpha value is -8.71. The molecule has 93 heavy (non-hydrogen) atoms. The number of rotatable bonds is 8. The number of para-hydroxylation sites is 2. The van der Waals surface area contributed by atoms with E-state index in [1.165, 1.54) is 16.3 Å². The molecule has 12 rings (SSSR count). The zero-order chi connectivity index (χ0) is 66.0. The number of hydrogen-bond acceptors (Lipinski definition) is 8. The van der Waals surface area contributed by atoms with Crippen molar-refractivity contribution in [3.63, 3.8) is 0 Å². The molecule has 0 fully saturated rings. The van der Waals surface area contributed by atoms with Crippen LogP contribution in [0.4, 0.5) is 11.4 Å². The van der Waals surface area contributed by atoms with Crippen LogP contribution >= 0.6 is 0 Å². The molecule has 8 nitrogen and oxygen atoms in total. The van der Waals surface area contributed by atoms with Crippen LogP contribution < -0.4 is 0 Å². The Morgan fingerprint density at radius 2 is 0.753 bits per heavy atom. The van der Waals surface area contributed by atoms with Crippen LogP contribution in [0.3, 0.4) is 0 Å². The van der Waals surface area contributed by atoms with Crippen molar-refractivity contribution in [3.8, 4) is 56.7 Å². The molecule has 0 radical (unpaired) electrons. The van der Waals surface area contributed by atoms with E-state index >= 15 is 0 Å². The average Bonchev–Trinajstić information content (AvgIpc) is 1.71. The largest absolute Gasteiger partial charge is 0.507 e. The van der Waals surface area contributed by atoms with Crippen LogP contribution in [0.25, 0.3) is 88.9 Å². The minimum absolute atomic E-state index is 0. The Balaban J connectivity index is 0.000000201. The third-order valence-corrected chi connectivity index (χ3v) is 17.4. The van der Waals surface area contributed by atoms with Gasteiger partial charge in [-0.1, -0.05) is 239 Å². The van der Waals surface area contributed by atoms with Crippen molar-refractivity contribution in [2.24, 2.45) is 9.98 Å². The van der Waals surface area contributed by atoms with Crippen LogP contribution in [0.5, 0.6) is 11.5 Å². The standard InChI is InChI=1S/C42H44N2O2.C42H43N2O2.Pt/c2*1-40(2,3)28-21-27(38(45)34(23-28)42(7,8)9)25-43-35-20-13-12-18-32(35)39-44-37-33(22-29(41(4,5)6)24-36(37)46-39)31-19-14-16-26-15-10-11-17-30(26)31;/h10-25,45H,1-9H3;10-18,20-25,45H,1-9H3;/q;-1;. The molecule has 10 aromatic carbocycles. The van der Waals surface area contributed by atoms with Crippen molar-refractivity contribution in [2.45, 2.75) is 157 Å². The quantitative estimate of drug-likeness (QED) is 0.116. The molecule has 2 N–H and O–H groups in total. The second-order valence-electron chi connectivity index (χ2n) is 30.7. The van der Waals surface area contributed by atoms with Crippen molar-refractivity contribution in [1.82, 2.24) is 9.97 Å². The maximum absolute atomic E-state index is 11.4. The molecule has 0 aliphatic rings. The number of oxazole rings is 2.